The standard InChI is InChI=1S/C10H18O/c1-7(2)9-4-5-10(6-9)8(3)11/h5,7-9,11H,4,6H2,1-3H3. The summed E-state index contributed by atoms with van der Waals surface area (Å²) in [5.41, 5.74) is 1.24. The van der Waals surface area contributed by atoms with E-state index in [-0.39, 0.29) is 6.10 Å². The fourth-order valence-electron chi connectivity index (χ4n) is 1.62. The highest BCUT2D eigenvalue weighted by molar-refractivity contribution is 5.14. The predicted octanol–water partition coefficient (Wildman–Crippen LogP) is 2.36. The largest absolute Gasteiger partial charge is 0.389 e. The molecule has 0 bridgehead atoms. The average molecular weight is 154 g/mol. The van der Waals surface area contributed by atoms with Gasteiger partial charge in [0.05, 0.1) is 6.10 Å². The second-order valence-corrected chi connectivity index (χ2v) is 3.90. The summed E-state index contributed by atoms with van der Waals surface area (Å²) < 4.78 is 0. The van der Waals surface area contributed by atoms with Crippen LogP contribution in [0, 0.1) is 11.8 Å². The summed E-state index contributed by atoms with van der Waals surface area (Å²) in [5.74, 6) is 1.53. The van der Waals surface area contributed by atoms with E-state index in [2.05, 4.69) is 19.9 Å². The van der Waals surface area contributed by atoms with Crippen molar-refractivity contribution in [1.82, 2.24) is 0 Å². The predicted molar refractivity (Wildman–Crippen MR) is 47.3 cm³/mol. The Balaban J connectivity index is 2.43. The molecule has 1 aliphatic carbocycles. The van der Waals surface area contributed by atoms with Crippen LogP contribution in [0.1, 0.15) is 33.6 Å². The number of rotatable bonds is 2. The van der Waals surface area contributed by atoms with Crippen LogP contribution >= 0.6 is 0 Å². The van der Waals surface area contributed by atoms with Crippen LogP contribution in [0.15, 0.2) is 11.6 Å². The van der Waals surface area contributed by atoms with Gasteiger partial charge in [0.15, 0.2) is 0 Å². The maximum atomic E-state index is 9.28. The number of hydrogen-bond acceptors (Lipinski definition) is 1. The molecule has 0 aromatic rings. The highest BCUT2D eigenvalue weighted by Gasteiger charge is 2.21. The van der Waals surface area contributed by atoms with E-state index in [1.54, 1.807) is 0 Å². The highest BCUT2D eigenvalue weighted by Crippen LogP contribution is 2.32. The molecule has 0 amide bonds. The van der Waals surface area contributed by atoms with E-state index in [1.807, 2.05) is 6.92 Å². The van der Waals surface area contributed by atoms with Gasteiger partial charge in [0.25, 0.3) is 0 Å². The third kappa shape index (κ3) is 2.06. The van der Waals surface area contributed by atoms with Gasteiger partial charge in [-0.2, -0.15) is 0 Å². The zero-order valence-corrected chi connectivity index (χ0v) is 7.67. The van der Waals surface area contributed by atoms with Gasteiger partial charge >= 0.3 is 0 Å². The van der Waals surface area contributed by atoms with Crippen LogP contribution in [0.2, 0.25) is 0 Å². The van der Waals surface area contributed by atoms with E-state index in [0.717, 1.165) is 24.7 Å². The maximum absolute atomic E-state index is 9.28. The molecule has 64 valence electrons. The number of hydrogen-bond donors (Lipinski definition) is 1. The van der Waals surface area contributed by atoms with Crippen LogP contribution in [-0.2, 0) is 0 Å². The summed E-state index contributed by atoms with van der Waals surface area (Å²) in [6.07, 6.45) is 4.25. The van der Waals surface area contributed by atoms with Crippen LogP contribution in [0.5, 0.6) is 0 Å². The summed E-state index contributed by atoms with van der Waals surface area (Å²) in [4.78, 5) is 0. The Labute approximate surface area is 69.1 Å². The molecule has 0 saturated carbocycles. The summed E-state index contributed by atoms with van der Waals surface area (Å²) >= 11 is 0. The lowest BCUT2D eigenvalue weighted by molar-refractivity contribution is 0.224. The van der Waals surface area contributed by atoms with Crippen molar-refractivity contribution < 1.29 is 5.11 Å². The minimum absolute atomic E-state index is 0.223. The smallest absolute Gasteiger partial charge is 0.0722 e. The van der Waals surface area contributed by atoms with Crippen molar-refractivity contribution in [2.45, 2.75) is 39.7 Å². The Hall–Kier alpha value is -0.300. The number of aliphatic hydroxyl groups is 1. The summed E-state index contributed by atoms with van der Waals surface area (Å²) in [5, 5.41) is 9.28. The molecule has 0 spiro atoms. The van der Waals surface area contributed by atoms with Crippen LogP contribution in [-0.4, -0.2) is 11.2 Å². The van der Waals surface area contributed by atoms with Crippen LogP contribution in [0.25, 0.3) is 0 Å². The lowest BCUT2D eigenvalue weighted by atomic mass is 9.92. The van der Waals surface area contributed by atoms with Crippen molar-refractivity contribution >= 4 is 0 Å². The van der Waals surface area contributed by atoms with E-state index < -0.39 is 0 Å². The lowest BCUT2D eigenvalue weighted by Crippen LogP contribution is -2.08. The lowest BCUT2D eigenvalue weighted by Gasteiger charge is -2.14. The molecule has 0 heterocycles. The Morgan fingerprint density at radius 1 is 1.45 bits per heavy atom. The SMILES string of the molecule is CC(O)C1=CCC(C(C)C)C1. The highest BCUT2D eigenvalue weighted by atomic mass is 16.3. The van der Waals surface area contributed by atoms with Crippen LogP contribution in [0.4, 0.5) is 0 Å². The first-order chi connectivity index (χ1) is 5.11. The molecule has 0 fully saturated rings. The van der Waals surface area contributed by atoms with E-state index in [1.165, 1.54) is 5.57 Å². The minimum Gasteiger partial charge on any atom is -0.389 e. The quantitative estimate of drug-likeness (QED) is 0.605. The Morgan fingerprint density at radius 3 is 2.36 bits per heavy atom. The molecule has 0 aromatic carbocycles. The van der Waals surface area contributed by atoms with Gasteiger partial charge in [-0.3, -0.25) is 0 Å². The topological polar surface area (TPSA) is 20.2 Å². The van der Waals surface area contributed by atoms with E-state index in [0.29, 0.717) is 0 Å². The Morgan fingerprint density at radius 2 is 2.09 bits per heavy atom. The molecular formula is C10H18O. The van der Waals surface area contributed by atoms with Crippen molar-refractivity contribution in [3.8, 4) is 0 Å². The number of allylic oxidation sites excluding steroid dienone is 1. The fraction of sp³-hybridized carbons (Fsp3) is 0.800. The van der Waals surface area contributed by atoms with Crippen molar-refractivity contribution in [2.24, 2.45) is 11.8 Å². The summed E-state index contributed by atoms with van der Waals surface area (Å²) in [7, 11) is 0. The first-order valence-corrected chi connectivity index (χ1v) is 4.48. The third-order valence-electron chi connectivity index (χ3n) is 2.66. The molecule has 11 heavy (non-hydrogen) atoms. The van der Waals surface area contributed by atoms with Crippen molar-refractivity contribution in [1.29, 1.82) is 0 Å². The van der Waals surface area contributed by atoms with Gasteiger partial charge in [0.1, 0.15) is 0 Å². The molecule has 2 atom stereocenters. The van der Waals surface area contributed by atoms with Crippen molar-refractivity contribution in [3.05, 3.63) is 11.6 Å². The van der Waals surface area contributed by atoms with Crippen LogP contribution in [0.3, 0.4) is 0 Å². The zero-order chi connectivity index (χ0) is 8.43. The molecule has 1 N–H and O–H groups in total. The molecule has 1 heteroatoms. The maximum Gasteiger partial charge on any atom is 0.0722 e. The first-order valence-electron chi connectivity index (χ1n) is 4.48. The van der Waals surface area contributed by atoms with Gasteiger partial charge < -0.3 is 5.11 Å². The van der Waals surface area contributed by atoms with Gasteiger partial charge in [-0.05, 0) is 37.2 Å². The van der Waals surface area contributed by atoms with E-state index in [4.69, 9.17) is 0 Å². The minimum atomic E-state index is -0.223. The Bertz CT molecular complexity index is 156. The first kappa shape index (κ1) is 8.79. The molecule has 1 aliphatic rings. The molecule has 0 aliphatic heterocycles. The van der Waals surface area contributed by atoms with E-state index >= 15 is 0 Å². The molecule has 1 nitrogen and oxygen atoms in total. The van der Waals surface area contributed by atoms with Crippen molar-refractivity contribution in [3.63, 3.8) is 0 Å². The average Bonchev–Trinajstić information content (AvgIpc) is 2.33. The van der Waals surface area contributed by atoms with E-state index in [9.17, 15) is 5.11 Å². The monoisotopic (exact) mass is 154 g/mol. The number of aliphatic hydroxyl groups excluding tert-OH is 1. The molecule has 0 radical (unpaired) electrons. The molecule has 2 unspecified atom stereocenters. The van der Waals surface area contributed by atoms with Crippen LogP contribution < -0.4 is 0 Å². The van der Waals surface area contributed by atoms with Gasteiger partial charge in [0, 0.05) is 0 Å². The van der Waals surface area contributed by atoms with Gasteiger partial charge in [0.2, 0.25) is 0 Å². The zero-order valence-electron chi connectivity index (χ0n) is 7.67. The van der Waals surface area contributed by atoms with Gasteiger partial charge in [-0.15, -0.1) is 0 Å². The molecule has 1 rings (SSSR count). The van der Waals surface area contributed by atoms with Gasteiger partial charge in [-0.25, -0.2) is 0 Å². The van der Waals surface area contributed by atoms with Gasteiger partial charge in [-0.1, -0.05) is 19.9 Å². The molecule has 0 aromatic heterocycles. The summed E-state index contributed by atoms with van der Waals surface area (Å²) in [6.45, 7) is 6.36. The summed E-state index contributed by atoms with van der Waals surface area (Å²) in [6, 6.07) is 0. The Kier molecular flexibility index (Phi) is 2.72. The molecular weight excluding hydrogens is 136 g/mol. The van der Waals surface area contributed by atoms with Crippen molar-refractivity contribution in [2.75, 3.05) is 0 Å². The third-order valence-corrected chi connectivity index (χ3v) is 2.66. The fourth-order valence-corrected chi connectivity index (χ4v) is 1.62. The molecule has 0 saturated heterocycles. The normalized spacial score (nSPS) is 27.4. The second-order valence-electron chi connectivity index (χ2n) is 3.90. The second kappa shape index (κ2) is 3.40.